The number of halogens is 3. The Kier molecular flexibility index (Phi) is 6.02. The third kappa shape index (κ3) is 4.65. The van der Waals surface area contributed by atoms with Crippen LogP contribution in [0.25, 0.3) is 0 Å². The molecule has 1 aliphatic rings. The monoisotopic (exact) mass is 476 g/mol. The van der Waals surface area contributed by atoms with E-state index in [-0.39, 0.29) is 6.54 Å². The van der Waals surface area contributed by atoms with E-state index in [1.54, 1.807) is 19.2 Å². The topological polar surface area (TPSA) is 99.0 Å². The highest BCUT2D eigenvalue weighted by atomic mass is 32.2. The summed E-state index contributed by atoms with van der Waals surface area (Å²) in [7, 11) is 0. The van der Waals surface area contributed by atoms with Crippen molar-refractivity contribution in [3.63, 3.8) is 0 Å². The minimum Gasteiger partial charge on any atom is -0.365 e. The second-order valence-electron chi connectivity index (χ2n) is 7.35. The zero-order valence-corrected chi connectivity index (χ0v) is 18.2. The molecule has 0 spiro atoms. The van der Waals surface area contributed by atoms with Gasteiger partial charge in [0.05, 0.1) is 29.3 Å². The molecule has 1 aliphatic heterocycles. The van der Waals surface area contributed by atoms with Crippen molar-refractivity contribution in [2.45, 2.75) is 31.7 Å². The predicted molar refractivity (Wildman–Crippen MR) is 115 cm³/mol. The van der Waals surface area contributed by atoms with Crippen LogP contribution in [0.3, 0.4) is 0 Å². The number of benzene rings is 1. The second-order valence-corrected chi connectivity index (χ2v) is 8.41. The Bertz CT molecular complexity index is 1250. The van der Waals surface area contributed by atoms with Crippen LogP contribution < -0.4 is 11.4 Å². The van der Waals surface area contributed by atoms with Crippen molar-refractivity contribution in [3.05, 3.63) is 92.9 Å². The number of hydrogen-bond acceptors (Lipinski definition) is 6. The first-order valence-electron chi connectivity index (χ1n) is 9.79. The lowest BCUT2D eigenvalue weighted by Crippen LogP contribution is -2.33. The quantitative estimate of drug-likeness (QED) is 0.588. The van der Waals surface area contributed by atoms with E-state index in [0.717, 1.165) is 34.3 Å². The van der Waals surface area contributed by atoms with Gasteiger partial charge in [-0.25, -0.2) is 9.48 Å². The number of pyridine rings is 1. The molecule has 12 heteroatoms. The van der Waals surface area contributed by atoms with E-state index in [0.29, 0.717) is 22.7 Å². The van der Waals surface area contributed by atoms with Crippen LogP contribution in [0.1, 0.15) is 29.2 Å². The van der Waals surface area contributed by atoms with E-state index in [1.165, 1.54) is 23.0 Å². The number of allylic oxidation sites excluding steroid dienone is 1. The van der Waals surface area contributed by atoms with Gasteiger partial charge in [-0.1, -0.05) is 30.0 Å². The maximum Gasteiger partial charge on any atom is 0.416 e. The summed E-state index contributed by atoms with van der Waals surface area (Å²) in [4.78, 5) is 31.5. The number of nitrogens with two attached hydrogens (primary N) is 1. The molecule has 1 atom stereocenters. The van der Waals surface area contributed by atoms with Crippen LogP contribution in [-0.2, 0) is 24.1 Å². The van der Waals surface area contributed by atoms with Crippen molar-refractivity contribution < 1.29 is 18.0 Å². The van der Waals surface area contributed by atoms with Gasteiger partial charge in [-0.2, -0.15) is 18.3 Å². The molecule has 4 rings (SSSR count). The highest BCUT2D eigenvalue weighted by Crippen LogP contribution is 2.44. The first kappa shape index (κ1) is 22.6. The van der Waals surface area contributed by atoms with E-state index in [9.17, 15) is 22.8 Å². The zero-order valence-electron chi connectivity index (χ0n) is 17.4. The van der Waals surface area contributed by atoms with Gasteiger partial charge in [-0.15, -0.1) is 0 Å². The molecule has 2 aromatic heterocycles. The fraction of sp³-hybridized carbons (Fsp3) is 0.238. The third-order valence-corrected chi connectivity index (χ3v) is 6.56. The van der Waals surface area contributed by atoms with Gasteiger partial charge in [-0.3, -0.25) is 14.3 Å². The zero-order chi connectivity index (χ0) is 23.8. The first-order valence-corrected chi connectivity index (χ1v) is 10.7. The molecule has 0 aliphatic carbocycles. The standard InChI is InChI=1S/C21H19F3N6O2S/c1-13-17(18(25)31)33-20(28(13)11-16-4-2-3-9-26-16)29-12-27-30(19(29)32)10-14-5-7-15(8-6-14)21(22,23)24/h2-9,12,20H,10-11H2,1H3,(H2,25,31). The Hall–Kier alpha value is -3.54. The number of amides is 1. The van der Waals surface area contributed by atoms with E-state index >= 15 is 0 Å². The molecule has 33 heavy (non-hydrogen) atoms. The molecule has 0 fully saturated rings. The Morgan fingerprint density at radius 3 is 2.48 bits per heavy atom. The summed E-state index contributed by atoms with van der Waals surface area (Å²) in [5, 5.41) is 4.12. The SMILES string of the molecule is CC1=C(C(N)=O)SC(n2cnn(Cc3ccc(C(F)(F)F)cc3)c2=O)N1Cc1ccccn1. The van der Waals surface area contributed by atoms with E-state index in [2.05, 4.69) is 10.1 Å². The van der Waals surface area contributed by atoms with Crippen LogP contribution in [0.15, 0.2) is 70.4 Å². The number of hydrogen-bond donors (Lipinski definition) is 1. The molecule has 8 nitrogen and oxygen atoms in total. The lowest BCUT2D eigenvalue weighted by molar-refractivity contribution is -0.137. The van der Waals surface area contributed by atoms with Crippen molar-refractivity contribution >= 4 is 17.7 Å². The number of thioether (sulfide) groups is 1. The van der Waals surface area contributed by atoms with Crippen LogP contribution in [0.2, 0.25) is 0 Å². The number of nitrogens with zero attached hydrogens (tertiary/aromatic N) is 5. The van der Waals surface area contributed by atoms with Crippen LogP contribution >= 0.6 is 11.8 Å². The molecular weight excluding hydrogens is 457 g/mol. The van der Waals surface area contributed by atoms with Gasteiger partial charge in [0, 0.05) is 11.9 Å². The van der Waals surface area contributed by atoms with Gasteiger partial charge in [0.2, 0.25) is 0 Å². The maximum atomic E-state index is 13.1. The molecule has 0 saturated heterocycles. The van der Waals surface area contributed by atoms with Gasteiger partial charge in [0.15, 0.2) is 5.50 Å². The molecule has 1 unspecified atom stereocenters. The van der Waals surface area contributed by atoms with Crippen molar-refractivity contribution in [2.24, 2.45) is 5.73 Å². The van der Waals surface area contributed by atoms with Crippen molar-refractivity contribution in [1.29, 1.82) is 0 Å². The average molecular weight is 476 g/mol. The first-order chi connectivity index (χ1) is 15.6. The van der Waals surface area contributed by atoms with E-state index in [1.807, 2.05) is 17.0 Å². The molecule has 2 N–H and O–H groups in total. The van der Waals surface area contributed by atoms with E-state index in [4.69, 9.17) is 5.73 Å². The smallest absolute Gasteiger partial charge is 0.365 e. The molecule has 0 saturated carbocycles. The molecule has 3 aromatic rings. The lowest BCUT2D eigenvalue weighted by atomic mass is 10.1. The average Bonchev–Trinajstić information content (AvgIpc) is 3.28. The second kappa shape index (κ2) is 8.77. The highest BCUT2D eigenvalue weighted by Gasteiger charge is 2.35. The summed E-state index contributed by atoms with van der Waals surface area (Å²) in [6, 6.07) is 9.99. The van der Waals surface area contributed by atoms with Gasteiger partial charge in [-0.05, 0) is 36.8 Å². The summed E-state index contributed by atoms with van der Waals surface area (Å²) in [6.45, 7) is 2.07. The number of rotatable bonds is 6. The molecule has 0 bridgehead atoms. The lowest BCUT2D eigenvalue weighted by Gasteiger charge is -2.27. The van der Waals surface area contributed by atoms with Crippen molar-refractivity contribution in [2.75, 3.05) is 0 Å². The Morgan fingerprint density at radius 1 is 1.15 bits per heavy atom. The number of primary amides is 1. The Labute approximate surface area is 190 Å². The number of carbonyl (C=O) groups excluding carboxylic acids is 1. The van der Waals surface area contributed by atoms with Crippen molar-refractivity contribution in [3.8, 4) is 0 Å². The summed E-state index contributed by atoms with van der Waals surface area (Å²) in [5.41, 5.74) is 5.50. The van der Waals surface area contributed by atoms with Gasteiger partial charge >= 0.3 is 11.9 Å². The molecule has 1 aromatic carbocycles. The van der Waals surface area contributed by atoms with Crippen LogP contribution in [-0.4, -0.2) is 30.1 Å². The molecule has 3 heterocycles. The van der Waals surface area contributed by atoms with Crippen LogP contribution in [0.4, 0.5) is 13.2 Å². The van der Waals surface area contributed by atoms with Crippen LogP contribution in [0.5, 0.6) is 0 Å². The Morgan fingerprint density at radius 2 is 1.88 bits per heavy atom. The summed E-state index contributed by atoms with van der Waals surface area (Å²) >= 11 is 1.13. The summed E-state index contributed by atoms with van der Waals surface area (Å²) in [6.07, 6.45) is -1.45. The highest BCUT2D eigenvalue weighted by molar-refractivity contribution is 8.04. The minimum atomic E-state index is -4.43. The minimum absolute atomic E-state index is 0.00329. The van der Waals surface area contributed by atoms with Gasteiger partial charge < -0.3 is 10.6 Å². The molecule has 1 amide bonds. The van der Waals surface area contributed by atoms with Crippen LogP contribution in [0, 0.1) is 0 Å². The molecule has 172 valence electrons. The van der Waals surface area contributed by atoms with Crippen molar-refractivity contribution in [1.82, 2.24) is 24.2 Å². The number of alkyl halides is 3. The fourth-order valence-electron chi connectivity index (χ4n) is 3.44. The van der Waals surface area contributed by atoms with Gasteiger partial charge in [0.1, 0.15) is 6.33 Å². The fourth-order valence-corrected chi connectivity index (χ4v) is 4.67. The summed E-state index contributed by atoms with van der Waals surface area (Å²) < 4.78 is 40.9. The molecule has 0 radical (unpaired) electrons. The predicted octanol–water partition coefficient (Wildman–Crippen LogP) is 2.93. The largest absolute Gasteiger partial charge is 0.416 e. The Balaban J connectivity index is 1.60. The normalized spacial score (nSPS) is 16.5. The van der Waals surface area contributed by atoms with Gasteiger partial charge in [0.25, 0.3) is 5.91 Å². The number of aromatic nitrogens is 4. The number of carbonyl (C=O) groups is 1. The molecular formula is C21H19F3N6O2S. The third-order valence-electron chi connectivity index (χ3n) is 5.14. The van der Waals surface area contributed by atoms with E-state index < -0.39 is 28.8 Å². The summed E-state index contributed by atoms with van der Waals surface area (Å²) in [5.74, 6) is -0.601. The maximum absolute atomic E-state index is 13.1.